The number of hydrogen-bond donors (Lipinski definition) is 1. The van der Waals surface area contributed by atoms with Crippen LogP contribution in [-0.2, 0) is 6.54 Å². The van der Waals surface area contributed by atoms with Crippen molar-refractivity contribution in [2.75, 3.05) is 19.5 Å². The van der Waals surface area contributed by atoms with E-state index in [1.807, 2.05) is 31.2 Å². The Morgan fingerprint density at radius 3 is 2.39 bits per heavy atom. The van der Waals surface area contributed by atoms with Crippen molar-refractivity contribution in [1.29, 1.82) is 0 Å². The molecule has 0 saturated carbocycles. The molecule has 144 valence electrons. The van der Waals surface area contributed by atoms with Gasteiger partial charge in [-0.3, -0.25) is 9.59 Å². The van der Waals surface area contributed by atoms with Gasteiger partial charge in [-0.1, -0.05) is 29.8 Å². The van der Waals surface area contributed by atoms with Crippen LogP contribution >= 0.6 is 0 Å². The second kappa shape index (κ2) is 8.43. The van der Waals surface area contributed by atoms with E-state index in [0.717, 1.165) is 11.1 Å². The van der Waals surface area contributed by atoms with Crippen molar-refractivity contribution in [3.63, 3.8) is 0 Å². The van der Waals surface area contributed by atoms with Crippen LogP contribution in [0.2, 0.25) is 0 Å². The van der Waals surface area contributed by atoms with E-state index in [0.29, 0.717) is 23.7 Å². The Bertz CT molecular complexity index is 1040. The van der Waals surface area contributed by atoms with Crippen LogP contribution in [0.15, 0.2) is 65.6 Å². The lowest BCUT2D eigenvalue weighted by molar-refractivity contribution is 0.102. The number of aromatic nitrogens is 1. The minimum atomic E-state index is -0.476. The first-order valence-electron chi connectivity index (χ1n) is 8.80. The smallest absolute Gasteiger partial charge is 0.263 e. The van der Waals surface area contributed by atoms with Gasteiger partial charge in [-0.15, -0.1) is 0 Å². The van der Waals surface area contributed by atoms with Crippen LogP contribution in [0.1, 0.15) is 21.5 Å². The van der Waals surface area contributed by atoms with Gasteiger partial charge in [-0.25, -0.2) is 0 Å². The van der Waals surface area contributed by atoms with E-state index in [-0.39, 0.29) is 11.1 Å². The largest absolute Gasteiger partial charge is 0.493 e. The molecule has 28 heavy (non-hydrogen) atoms. The molecule has 1 heterocycles. The van der Waals surface area contributed by atoms with Crippen molar-refractivity contribution in [2.24, 2.45) is 0 Å². The molecule has 0 spiro atoms. The molecule has 0 radical (unpaired) electrons. The van der Waals surface area contributed by atoms with Gasteiger partial charge in [-0.2, -0.15) is 0 Å². The van der Waals surface area contributed by atoms with E-state index < -0.39 is 5.91 Å². The van der Waals surface area contributed by atoms with Gasteiger partial charge < -0.3 is 19.4 Å². The molecule has 0 atom stereocenters. The Balaban J connectivity index is 1.82. The lowest BCUT2D eigenvalue weighted by Gasteiger charge is -2.11. The van der Waals surface area contributed by atoms with E-state index >= 15 is 0 Å². The third kappa shape index (κ3) is 4.23. The number of ether oxygens (including phenoxy) is 2. The summed E-state index contributed by atoms with van der Waals surface area (Å²) in [4.78, 5) is 25.4. The van der Waals surface area contributed by atoms with Crippen LogP contribution in [0.5, 0.6) is 11.5 Å². The number of benzene rings is 2. The summed E-state index contributed by atoms with van der Waals surface area (Å²) >= 11 is 0. The summed E-state index contributed by atoms with van der Waals surface area (Å²) in [6.07, 6.45) is 1.68. The number of pyridine rings is 1. The Labute approximate surface area is 163 Å². The minimum Gasteiger partial charge on any atom is -0.493 e. The van der Waals surface area contributed by atoms with Crippen LogP contribution in [-0.4, -0.2) is 24.7 Å². The molecule has 0 aliphatic carbocycles. The van der Waals surface area contributed by atoms with Gasteiger partial charge in [0.2, 0.25) is 0 Å². The Kier molecular flexibility index (Phi) is 5.79. The number of hydrogen-bond acceptors (Lipinski definition) is 4. The van der Waals surface area contributed by atoms with Crippen LogP contribution in [0, 0.1) is 6.92 Å². The second-order valence-electron chi connectivity index (χ2n) is 6.36. The highest BCUT2D eigenvalue weighted by atomic mass is 16.5. The van der Waals surface area contributed by atoms with E-state index in [9.17, 15) is 9.59 Å². The van der Waals surface area contributed by atoms with E-state index in [2.05, 4.69) is 5.32 Å². The topological polar surface area (TPSA) is 69.6 Å². The summed E-state index contributed by atoms with van der Waals surface area (Å²) in [5.41, 5.74) is 2.38. The summed E-state index contributed by atoms with van der Waals surface area (Å²) in [5.74, 6) is 0.571. The summed E-state index contributed by atoms with van der Waals surface area (Å²) in [6, 6.07) is 16.2. The Morgan fingerprint density at radius 2 is 1.71 bits per heavy atom. The molecule has 0 bridgehead atoms. The van der Waals surface area contributed by atoms with Gasteiger partial charge in [0, 0.05) is 18.0 Å². The molecule has 0 saturated heterocycles. The maximum absolute atomic E-state index is 12.8. The van der Waals surface area contributed by atoms with Crippen molar-refractivity contribution in [3.8, 4) is 11.5 Å². The maximum Gasteiger partial charge on any atom is 0.263 e. The van der Waals surface area contributed by atoms with Crippen molar-refractivity contribution < 1.29 is 14.3 Å². The maximum atomic E-state index is 12.8. The fourth-order valence-corrected chi connectivity index (χ4v) is 2.84. The van der Waals surface area contributed by atoms with Gasteiger partial charge in [-0.05, 0) is 36.8 Å². The van der Waals surface area contributed by atoms with E-state index in [4.69, 9.17) is 9.47 Å². The van der Waals surface area contributed by atoms with Crippen LogP contribution in [0.4, 0.5) is 5.69 Å². The molecule has 1 aromatic heterocycles. The number of aryl methyl sites for hydroxylation is 1. The summed E-state index contributed by atoms with van der Waals surface area (Å²) in [7, 11) is 3.06. The van der Waals surface area contributed by atoms with Crippen LogP contribution < -0.4 is 20.3 Å². The average molecular weight is 378 g/mol. The van der Waals surface area contributed by atoms with Gasteiger partial charge in [0.25, 0.3) is 11.5 Å². The summed E-state index contributed by atoms with van der Waals surface area (Å²) in [6.45, 7) is 2.41. The number of nitrogens with zero attached hydrogens (tertiary/aromatic N) is 1. The first kappa shape index (κ1) is 19.2. The number of carbonyl (C=O) groups is 1. The zero-order valence-corrected chi connectivity index (χ0v) is 16.1. The first-order chi connectivity index (χ1) is 13.5. The van der Waals surface area contributed by atoms with E-state index in [1.165, 1.54) is 24.9 Å². The number of carbonyl (C=O) groups excluding carboxylic acids is 1. The summed E-state index contributed by atoms with van der Waals surface area (Å²) < 4.78 is 12.0. The van der Waals surface area contributed by atoms with Gasteiger partial charge in [0.15, 0.2) is 11.5 Å². The first-order valence-corrected chi connectivity index (χ1v) is 8.80. The lowest BCUT2D eigenvalue weighted by atomic mass is 10.1. The molecule has 3 aromatic rings. The van der Waals surface area contributed by atoms with Crippen LogP contribution in [0.25, 0.3) is 0 Å². The van der Waals surface area contributed by atoms with Crippen molar-refractivity contribution >= 4 is 11.6 Å². The Hall–Kier alpha value is -3.54. The molecule has 1 N–H and O–H groups in total. The number of nitrogens with one attached hydrogen (secondary N) is 1. The van der Waals surface area contributed by atoms with E-state index in [1.54, 1.807) is 30.5 Å². The molecule has 1 amide bonds. The predicted molar refractivity (Wildman–Crippen MR) is 108 cm³/mol. The molecular formula is C22H22N2O4. The predicted octanol–water partition coefficient (Wildman–Crippen LogP) is 3.47. The van der Waals surface area contributed by atoms with Gasteiger partial charge in [0.1, 0.15) is 5.56 Å². The third-order valence-electron chi connectivity index (χ3n) is 4.38. The fourth-order valence-electron chi connectivity index (χ4n) is 2.84. The number of amides is 1. The quantitative estimate of drug-likeness (QED) is 0.713. The van der Waals surface area contributed by atoms with Gasteiger partial charge in [0.05, 0.1) is 20.8 Å². The summed E-state index contributed by atoms with van der Waals surface area (Å²) in [5, 5.41) is 2.74. The minimum absolute atomic E-state index is 0.0735. The Morgan fingerprint density at radius 1 is 1.00 bits per heavy atom. The second-order valence-corrected chi connectivity index (χ2v) is 6.36. The van der Waals surface area contributed by atoms with Gasteiger partial charge >= 0.3 is 0 Å². The van der Waals surface area contributed by atoms with Crippen molar-refractivity contribution in [2.45, 2.75) is 13.5 Å². The highest BCUT2D eigenvalue weighted by Crippen LogP contribution is 2.29. The van der Waals surface area contributed by atoms with Crippen LogP contribution in [0.3, 0.4) is 0 Å². The average Bonchev–Trinajstić information content (AvgIpc) is 2.71. The molecular weight excluding hydrogens is 356 g/mol. The SMILES string of the molecule is COc1ccc(NC(=O)c2cccn(Cc3ccc(C)cc3)c2=O)cc1OC. The number of rotatable bonds is 6. The molecule has 2 aromatic carbocycles. The van der Waals surface area contributed by atoms with Crippen molar-refractivity contribution in [3.05, 3.63) is 87.8 Å². The molecule has 6 heteroatoms. The molecule has 0 fully saturated rings. The number of methoxy groups -OCH3 is 2. The fraction of sp³-hybridized carbons (Fsp3) is 0.182. The lowest BCUT2D eigenvalue weighted by Crippen LogP contribution is -2.29. The highest BCUT2D eigenvalue weighted by molar-refractivity contribution is 6.04. The molecule has 6 nitrogen and oxygen atoms in total. The highest BCUT2D eigenvalue weighted by Gasteiger charge is 2.14. The molecule has 0 aliphatic heterocycles. The molecule has 3 rings (SSSR count). The zero-order chi connectivity index (χ0) is 20.1. The third-order valence-corrected chi connectivity index (χ3v) is 4.38. The standard InChI is InChI=1S/C22H22N2O4/c1-15-6-8-16(9-7-15)14-24-12-4-5-18(22(24)26)21(25)23-17-10-11-19(27-2)20(13-17)28-3/h4-13H,14H2,1-3H3,(H,23,25). The molecule has 0 unspecified atom stereocenters. The zero-order valence-electron chi connectivity index (χ0n) is 16.1. The normalized spacial score (nSPS) is 10.4. The monoisotopic (exact) mass is 378 g/mol. The number of anilines is 1. The van der Waals surface area contributed by atoms with Crippen molar-refractivity contribution in [1.82, 2.24) is 4.57 Å². The molecule has 0 aliphatic rings.